The SMILES string of the molecule is COc1cccc([C@@H]2C[C@@H](O)CN2C(=O)c2cc(C)oc2C)c1. The Labute approximate surface area is 135 Å². The second-order valence-electron chi connectivity index (χ2n) is 5.97. The number of aliphatic hydroxyl groups excluding tert-OH is 1. The van der Waals surface area contributed by atoms with Crippen molar-refractivity contribution in [1.29, 1.82) is 0 Å². The summed E-state index contributed by atoms with van der Waals surface area (Å²) in [6.45, 7) is 3.93. The van der Waals surface area contributed by atoms with E-state index in [4.69, 9.17) is 9.15 Å². The molecule has 0 spiro atoms. The molecule has 2 atom stereocenters. The average Bonchev–Trinajstić information content (AvgIpc) is 3.09. The lowest BCUT2D eigenvalue weighted by atomic mass is 10.0. The van der Waals surface area contributed by atoms with E-state index in [2.05, 4.69) is 0 Å². The van der Waals surface area contributed by atoms with Gasteiger partial charge in [0.25, 0.3) is 5.91 Å². The molecule has 122 valence electrons. The zero-order valence-electron chi connectivity index (χ0n) is 13.6. The molecule has 1 aliphatic rings. The van der Waals surface area contributed by atoms with Crippen molar-refractivity contribution in [3.05, 3.63) is 53.0 Å². The van der Waals surface area contributed by atoms with E-state index < -0.39 is 6.10 Å². The largest absolute Gasteiger partial charge is 0.497 e. The number of carbonyl (C=O) groups excluding carboxylic acids is 1. The molecular formula is C18H21NO4. The monoisotopic (exact) mass is 315 g/mol. The fourth-order valence-electron chi connectivity index (χ4n) is 3.20. The van der Waals surface area contributed by atoms with Crippen LogP contribution in [0.15, 0.2) is 34.7 Å². The van der Waals surface area contributed by atoms with Gasteiger partial charge in [-0.25, -0.2) is 0 Å². The van der Waals surface area contributed by atoms with Gasteiger partial charge in [-0.3, -0.25) is 4.79 Å². The Morgan fingerprint density at radius 1 is 1.35 bits per heavy atom. The minimum Gasteiger partial charge on any atom is -0.497 e. The lowest BCUT2D eigenvalue weighted by molar-refractivity contribution is 0.0714. The van der Waals surface area contributed by atoms with Gasteiger partial charge >= 0.3 is 0 Å². The number of likely N-dealkylation sites (tertiary alicyclic amines) is 1. The van der Waals surface area contributed by atoms with E-state index in [1.165, 1.54) is 0 Å². The third kappa shape index (κ3) is 2.97. The molecule has 23 heavy (non-hydrogen) atoms. The highest BCUT2D eigenvalue weighted by atomic mass is 16.5. The Morgan fingerprint density at radius 2 is 2.13 bits per heavy atom. The molecule has 3 rings (SSSR count). The molecule has 1 saturated heterocycles. The van der Waals surface area contributed by atoms with Gasteiger partial charge in [-0.2, -0.15) is 0 Å². The van der Waals surface area contributed by atoms with Gasteiger partial charge < -0.3 is 19.2 Å². The first kappa shape index (κ1) is 15.6. The number of benzene rings is 1. The molecule has 1 aromatic heterocycles. The fraction of sp³-hybridized carbons (Fsp3) is 0.389. The number of ether oxygens (including phenoxy) is 1. The first-order valence-corrected chi connectivity index (χ1v) is 7.69. The summed E-state index contributed by atoms with van der Waals surface area (Å²) in [4.78, 5) is 14.6. The van der Waals surface area contributed by atoms with Gasteiger partial charge in [0.15, 0.2) is 0 Å². The normalized spacial score (nSPS) is 20.8. The highest BCUT2D eigenvalue weighted by Crippen LogP contribution is 2.35. The molecule has 0 unspecified atom stereocenters. The molecule has 1 fully saturated rings. The Bertz CT molecular complexity index is 722. The average molecular weight is 315 g/mol. The van der Waals surface area contributed by atoms with E-state index in [0.29, 0.717) is 30.0 Å². The second-order valence-corrected chi connectivity index (χ2v) is 5.97. The first-order valence-electron chi connectivity index (χ1n) is 7.69. The van der Waals surface area contributed by atoms with Crippen molar-refractivity contribution in [3.63, 3.8) is 0 Å². The molecule has 2 aromatic rings. The Balaban J connectivity index is 1.93. The van der Waals surface area contributed by atoms with Gasteiger partial charge in [0, 0.05) is 6.54 Å². The van der Waals surface area contributed by atoms with E-state index in [9.17, 15) is 9.90 Å². The van der Waals surface area contributed by atoms with E-state index in [-0.39, 0.29) is 11.9 Å². The topological polar surface area (TPSA) is 62.9 Å². The van der Waals surface area contributed by atoms with Gasteiger partial charge in [-0.15, -0.1) is 0 Å². The smallest absolute Gasteiger partial charge is 0.258 e. The van der Waals surface area contributed by atoms with Gasteiger partial charge in [-0.05, 0) is 44.0 Å². The van der Waals surface area contributed by atoms with Gasteiger partial charge in [-0.1, -0.05) is 12.1 Å². The maximum absolute atomic E-state index is 12.9. The fourth-order valence-corrected chi connectivity index (χ4v) is 3.20. The summed E-state index contributed by atoms with van der Waals surface area (Å²) < 4.78 is 10.7. The number of nitrogens with zero attached hydrogens (tertiary/aromatic N) is 1. The lowest BCUT2D eigenvalue weighted by Crippen LogP contribution is -2.32. The number of amides is 1. The third-order valence-corrected chi connectivity index (χ3v) is 4.29. The number of β-amino-alcohol motifs (C(OH)–C–C–N with tert-alkyl or cyclic N) is 1. The third-order valence-electron chi connectivity index (χ3n) is 4.29. The molecule has 5 nitrogen and oxygen atoms in total. The van der Waals surface area contributed by atoms with Gasteiger partial charge in [0.1, 0.15) is 17.3 Å². The van der Waals surface area contributed by atoms with Crippen molar-refractivity contribution in [3.8, 4) is 5.75 Å². The number of hydrogen-bond acceptors (Lipinski definition) is 4. The van der Waals surface area contributed by atoms with Crippen LogP contribution in [0.5, 0.6) is 5.75 Å². The lowest BCUT2D eigenvalue weighted by Gasteiger charge is -2.25. The molecule has 1 aliphatic heterocycles. The predicted octanol–water partition coefficient (Wildman–Crippen LogP) is 2.85. The summed E-state index contributed by atoms with van der Waals surface area (Å²) in [6, 6.07) is 9.22. The van der Waals surface area contributed by atoms with Crippen LogP contribution >= 0.6 is 0 Å². The van der Waals surface area contributed by atoms with Crippen LogP contribution in [-0.2, 0) is 0 Å². The standard InChI is InChI=1S/C18H21NO4/c1-11-7-16(12(2)23-11)18(21)19-10-14(20)9-17(19)13-5-4-6-15(8-13)22-3/h4-8,14,17,20H,9-10H2,1-3H3/t14-,17+/m1/s1. The number of carbonyl (C=O) groups is 1. The molecule has 5 heteroatoms. The molecule has 0 saturated carbocycles. The van der Waals surface area contributed by atoms with Crippen LogP contribution in [0.4, 0.5) is 0 Å². The number of hydrogen-bond donors (Lipinski definition) is 1. The van der Waals surface area contributed by atoms with Crippen LogP contribution < -0.4 is 4.74 Å². The zero-order chi connectivity index (χ0) is 16.6. The van der Waals surface area contributed by atoms with E-state index in [1.807, 2.05) is 31.2 Å². The van der Waals surface area contributed by atoms with Gasteiger partial charge in [0.2, 0.25) is 0 Å². The van der Waals surface area contributed by atoms with Crippen molar-refractivity contribution >= 4 is 5.91 Å². The van der Waals surface area contributed by atoms with Crippen molar-refractivity contribution in [2.24, 2.45) is 0 Å². The molecule has 0 radical (unpaired) electrons. The van der Waals surface area contributed by atoms with Crippen molar-refractivity contribution < 1.29 is 19.1 Å². The Hall–Kier alpha value is -2.27. The second kappa shape index (κ2) is 6.08. The molecular weight excluding hydrogens is 294 g/mol. The Kier molecular flexibility index (Phi) is 4.13. The van der Waals surface area contributed by atoms with Crippen LogP contribution in [-0.4, -0.2) is 35.7 Å². The molecule has 2 heterocycles. The summed E-state index contributed by atoms with van der Waals surface area (Å²) in [7, 11) is 1.61. The van der Waals surface area contributed by atoms with Crippen LogP contribution in [0.1, 0.15) is 39.9 Å². The summed E-state index contributed by atoms with van der Waals surface area (Å²) in [5.41, 5.74) is 1.52. The summed E-state index contributed by atoms with van der Waals surface area (Å²) >= 11 is 0. The molecule has 1 N–H and O–H groups in total. The van der Waals surface area contributed by atoms with Gasteiger partial charge in [0.05, 0.1) is 24.8 Å². The number of methoxy groups -OCH3 is 1. The van der Waals surface area contributed by atoms with E-state index >= 15 is 0 Å². The molecule has 0 bridgehead atoms. The highest BCUT2D eigenvalue weighted by molar-refractivity contribution is 5.95. The number of furan rings is 1. The maximum Gasteiger partial charge on any atom is 0.258 e. The number of aryl methyl sites for hydroxylation is 2. The van der Waals surface area contributed by atoms with E-state index in [0.717, 1.165) is 11.3 Å². The quantitative estimate of drug-likeness (QED) is 0.946. The van der Waals surface area contributed by atoms with Crippen LogP contribution in [0.3, 0.4) is 0 Å². The first-order chi connectivity index (χ1) is 11.0. The Morgan fingerprint density at radius 3 is 2.78 bits per heavy atom. The predicted molar refractivity (Wildman–Crippen MR) is 85.6 cm³/mol. The maximum atomic E-state index is 12.9. The summed E-state index contributed by atoms with van der Waals surface area (Å²) in [5, 5.41) is 10.1. The van der Waals surface area contributed by atoms with Crippen molar-refractivity contribution in [2.45, 2.75) is 32.4 Å². The summed E-state index contributed by atoms with van der Waals surface area (Å²) in [5.74, 6) is 1.96. The molecule has 1 amide bonds. The number of rotatable bonds is 3. The van der Waals surface area contributed by atoms with Crippen LogP contribution in [0.25, 0.3) is 0 Å². The minimum atomic E-state index is -0.525. The van der Waals surface area contributed by atoms with Crippen LogP contribution in [0, 0.1) is 13.8 Å². The number of aliphatic hydroxyl groups is 1. The van der Waals surface area contributed by atoms with Crippen LogP contribution in [0.2, 0.25) is 0 Å². The van der Waals surface area contributed by atoms with Crippen molar-refractivity contribution in [2.75, 3.05) is 13.7 Å². The zero-order valence-corrected chi connectivity index (χ0v) is 13.6. The van der Waals surface area contributed by atoms with Crippen molar-refractivity contribution in [1.82, 2.24) is 4.90 Å². The molecule has 1 aromatic carbocycles. The summed E-state index contributed by atoms with van der Waals surface area (Å²) in [6.07, 6.45) is -0.00197. The molecule has 0 aliphatic carbocycles. The highest BCUT2D eigenvalue weighted by Gasteiger charge is 2.36. The minimum absolute atomic E-state index is 0.108. The van der Waals surface area contributed by atoms with E-state index in [1.54, 1.807) is 25.0 Å².